The summed E-state index contributed by atoms with van der Waals surface area (Å²) in [6, 6.07) is 6.12. The number of aromatic nitrogens is 1. The minimum Gasteiger partial charge on any atom is -0.357 e. The Balaban J connectivity index is 0.00000338. The molecule has 0 atom stereocenters. The predicted molar refractivity (Wildman–Crippen MR) is 117 cm³/mol. The highest BCUT2D eigenvalue weighted by Crippen LogP contribution is 2.24. The Bertz CT molecular complexity index is 603. The first-order chi connectivity index (χ1) is 11.8. The van der Waals surface area contributed by atoms with Crippen LogP contribution in [0.1, 0.15) is 40.3 Å². The molecular formula is C19H32IN5O. The minimum absolute atomic E-state index is 0. The van der Waals surface area contributed by atoms with Crippen molar-refractivity contribution in [1.29, 1.82) is 0 Å². The number of carbonyl (C=O) groups is 1. The van der Waals surface area contributed by atoms with E-state index in [1.165, 1.54) is 0 Å². The molecule has 26 heavy (non-hydrogen) atoms. The number of rotatable bonds is 5. The second kappa shape index (κ2) is 10.1. The molecule has 146 valence electrons. The topological polar surface area (TPSA) is 60.8 Å². The van der Waals surface area contributed by atoms with Gasteiger partial charge in [0.25, 0.3) is 0 Å². The lowest BCUT2D eigenvalue weighted by Crippen LogP contribution is -2.66. The molecule has 1 N–H and O–H groups in total. The number of amides is 1. The van der Waals surface area contributed by atoms with Crippen LogP contribution in [0.5, 0.6) is 0 Å². The lowest BCUT2D eigenvalue weighted by molar-refractivity contribution is -0.145. The summed E-state index contributed by atoms with van der Waals surface area (Å²) in [6.07, 6.45) is 2.59. The van der Waals surface area contributed by atoms with Crippen LogP contribution in [0.4, 0.5) is 0 Å². The van der Waals surface area contributed by atoms with Crippen molar-refractivity contribution in [1.82, 2.24) is 20.1 Å². The van der Waals surface area contributed by atoms with Crippen LogP contribution in [-0.4, -0.2) is 64.4 Å². The molecule has 7 heteroatoms. The number of aliphatic imine (C=N–C) groups is 1. The summed E-state index contributed by atoms with van der Waals surface area (Å²) < 4.78 is 0. The number of hydrogen-bond acceptors (Lipinski definition) is 3. The minimum atomic E-state index is -0.222. The first-order valence-corrected chi connectivity index (χ1v) is 9.10. The Hall–Kier alpha value is -1.38. The van der Waals surface area contributed by atoms with E-state index >= 15 is 0 Å². The normalized spacial score (nSPS) is 17.3. The highest BCUT2D eigenvalue weighted by atomic mass is 127. The lowest BCUT2D eigenvalue weighted by Gasteiger charge is -2.49. The Morgan fingerprint density at radius 2 is 2.12 bits per heavy atom. The average molecular weight is 473 g/mol. The molecule has 1 saturated heterocycles. The van der Waals surface area contributed by atoms with Crippen molar-refractivity contribution >= 4 is 35.8 Å². The fourth-order valence-corrected chi connectivity index (χ4v) is 3.56. The molecule has 1 aliphatic heterocycles. The molecule has 0 spiro atoms. The number of hydrogen-bond donors (Lipinski definition) is 1. The van der Waals surface area contributed by atoms with E-state index < -0.39 is 0 Å². The van der Waals surface area contributed by atoms with E-state index in [0.29, 0.717) is 13.1 Å². The quantitative estimate of drug-likeness (QED) is 0.406. The van der Waals surface area contributed by atoms with Gasteiger partial charge in [-0.25, -0.2) is 0 Å². The zero-order chi connectivity index (χ0) is 18.4. The number of carbonyl (C=O) groups excluding carboxylic acids is 1. The fourth-order valence-electron chi connectivity index (χ4n) is 3.56. The first kappa shape index (κ1) is 22.7. The first-order valence-electron chi connectivity index (χ1n) is 9.10. The maximum absolute atomic E-state index is 12.7. The van der Waals surface area contributed by atoms with Crippen molar-refractivity contribution < 1.29 is 4.79 Å². The third-order valence-electron chi connectivity index (χ3n) is 4.33. The van der Waals surface area contributed by atoms with E-state index in [-0.39, 0.29) is 41.5 Å². The van der Waals surface area contributed by atoms with Crippen LogP contribution in [0.15, 0.2) is 29.4 Å². The summed E-state index contributed by atoms with van der Waals surface area (Å²) in [7, 11) is 0. The zero-order valence-corrected chi connectivity index (χ0v) is 18.9. The van der Waals surface area contributed by atoms with Gasteiger partial charge in [0, 0.05) is 44.0 Å². The summed E-state index contributed by atoms with van der Waals surface area (Å²) in [5.74, 6) is 0.963. The van der Waals surface area contributed by atoms with Gasteiger partial charge in [0.1, 0.15) is 0 Å². The fraction of sp³-hybridized carbons (Fsp3) is 0.632. The van der Waals surface area contributed by atoms with Crippen molar-refractivity contribution in [3.63, 3.8) is 0 Å². The van der Waals surface area contributed by atoms with E-state index in [2.05, 4.69) is 42.9 Å². The lowest BCUT2D eigenvalue weighted by atomic mass is 9.96. The van der Waals surface area contributed by atoms with Gasteiger partial charge in [-0.2, -0.15) is 0 Å². The van der Waals surface area contributed by atoms with Crippen LogP contribution < -0.4 is 5.32 Å². The van der Waals surface area contributed by atoms with E-state index in [1.807, 2.05) is 30.0 Å². The number of nitrogens with one attached hydrogen (secondary N) is 1. The third kappa shape index (κ3) is 5.82. The molecule has 1 amide bonds. The highest BCUT2D eigenvalue weighted by molar-refractivity contribution is 14.0. The molecule has 0 bridgehead atoms. The van der Waals surface area contributed by atoms with Gasteiger partial charge in [0.15, 0.2) is 5.96 Å². The largest absolute Gasteiger partial charge is 0.357 e. The van der Waals surface area contributed by atoms with Gasteiger partial charge in [-0.15, -0.1) is 24.0 Å². The van der Waals surface area contributed by atoms with Crippen LogP contribution in [0, 0.1) is 0 Å². The van der Waals surface area contributed by atoms with E-state index in [0.717, 1.165) is 31.2 Å². The molecule has 2 heterocycles. The monoisotopic (exact) mass is 473 g/mol. The Labute approximate surface area is 174 Å². The van der Waals surface area contributed by atoms with Crippen LogP contribution in [0.3, 0.4) is 0 Å². The van der Waals surface area contributed by atoms with Crippen LogP contribution in [0.2, 0.25) is 0 Å². The maximum Gasteiger partial charge on any atom is 0.242 e. The summed E-state index contributed by atoms with van der Waals surface area (Å²) in [4.78, 5) is 25.8. The van der Waals surface area contributed by atoms with Gasteiger partial charge in [0.2, 0.25) is 5.91 Å². The van der Waals surface area contributed by atoms with Gasteiger partial charge in [-0.05, 0) is 46.8 Å². The zero-order valence-electron chi connectivity index (χ0n) is 16.5. The summed E-state index contributed by atoms with van der Waals surface area (Å²) in [6.45, 7) is 13.0. The van der Waals surface area contributed by atoms with Crippen molar-refractivity contribution in [2.45, 2.75) is 52.6 Å². The number of halogens is 1. The maximum atomic E-state index is 12.7. The van der Waals surface area contributed by atoms with Crippen LogP contribution in [0.25, 0.3) is 0 Å². The van der Waals surface area contributed by atoms with E-state index in [1.54, 1.807) is 6.20 Å². The number of nitrogens with zero attached hydrogens (tertiary/aromatic N) is 4. The van der Waals surface area contributed by atoms with Gasteiger partial charge in [-0.1, -0.05) is 6.07 Å². The molecule has 1 aliphatic rings. The standard InChI is InChI=1S/C19H31N5O.HI/c1-6-20-18(22-12-10-16-9-7-8-11-21-16)23-13-17(25)24(15(2)3)19(4,5)14-23;/h7-9,11,15H,6,10,12-14H2,1-5H3,(H,20,22);1H. The molecular weight excluding hydrogens is 441 g/mol. The summed E-state index contributed by atoms with van der Waals surface area (Å²) in [5, 5.41) is 3.33. The Morgan fingerprint density at radius 1 is 1.38 bits per heavy atom. The average Bonchev–Trinajstić information content (AvgIpc) is 2.53. The molecule has 2 rings (SSSR count). The van der Waals surface area contributed by atoms with Gasteiger partial charge >= 0.3 is 0 Å². The molecule has 1 aromatic rings. The van der Waals surface area contributed by atoms with Crippen LogP contribution in [-0.2, 0) is 11.2 Å². The smallest absolute Gasteiger partial charge is 0.242 e. The number of guanidine groups is 1. The van der Waals surface area contributed by atoms with Crippen LogP contribution >= 0.6 is 24.0 Å². The molecule has 0 unspecified atom stereocenters. The van der Waals surface area contributed by atoms with E-state index in [4.69, 9.17) is 4.99 Å². The van der Waals surface area contributed by atoms with Gasteiger partial charge < -0.3 is 15.1 Å². The molecule has 0 radical (unpaired) electrons. The summed E-state index contributed by atoms with van der Waals surface area (Å²) in [5.41, 5.74) is 0.809. The van der Waals surface area contributed by atoms with Gasteiger partial charge in [0.05, 0.1) is 12.1 Å². The van der Waals surface area contributed by atoms with E-state index in [9.17, 15) is 4.79 Å². The van der Waals surface area contributed by atoms with Gasteiger partial charge in [-0.3, -0.25) is 14.8 Å². The van der Waals surface area contributed by atoms with Crippen molar-refractivity contribution in [3.05, 3.63) is 30.1 Å². The molecule has 0 aliphatic carbocycles. The van der Waals surface area contributed by atoms with Crippen molar-refractivity contribution in [2.75, 3.05) is 26.2 Å². The molecule has 6 nitrogen and oxygen atoms in total. The Morgan fingerprint density at radius 3 is 2.65 bits per heavy atom. The van der Waals surface area contributed by atoms with Crippen molar-refractivity contribution in [3.8, 4) is 0 Å². The molecule has 1 fully saturated rings. The SMILES string of the molecule is CCNC(=NCCc1ccccn1)N1CC(=O)N(C(C)C)C(C)(C)C1.I. The predicted octanol–water partition coefficient (Wildman–Crippen LogP) is 2.54. The number of pyridine rings is 1. The second-order valence-corrected chi connectivity index (χ2v) is 7.33. The number of piperazine rings is 1. The molecule has 0 aromatic carbocycles. The van der Waals surface area contributed by atoms with Crippen molar-refractivity contribution in [2.24, 2.45) is 4.99 Å². The highest BCUT2D eigenvalue weighted by Gasteiger charge is 2.40. The molecule has 0 saturated carbocycles. The Kier molecular flexibility index (Phi) is 8.79. The summed E-state index contributed by atoms with van der Waals surface area (Å²) >= 11 is 0. The molecule has 1 aromatic heterocycles. The third-order valence-corrected chi connectivity index (χ3v) is 4.33. The second-order valence-electron chi connectivity index (χ2n) is 7.33.